The number of hydrogen-bond acceptors (Lipinski definition) is 6. The van der Waals surface area contributed by atoms with Gasteiger partial charge >= 0.3 is 5.97 Å². The molecular formula is C29H26N2O4. The largest absolute Gasteiger partial charge is 0.429 e. The molecule has 176 valence electrons. The lowest BCUT2D eigenvalue weighted by molar-refractivity contribution is -0.120. The Bertz CT molecular complexity index is 1240. The van der Waals surface area contributed by atoms with Crippen molar-refractivity contribution in [3.05, 3.63) is 119 Å². The molecular weight excluding hydrogens is 440 g/mol. The number of azo groups is 1. The highest BCUT2D eigenvalue weighted by molar-refractivity contribution is 5.91. The molecule has 0 saturated carbocycles. The first-order valence-corrected chi connectivity index (χ1v) is 11.0. The highest BCUT2D eigenvalue weighted by Crippen LogP contribution is 2.23. The van der Waals surface area contributed by atoms with Crippen LogP contribution in [-0.4, -0.2) is 12.4 Å². The van der Waals surface area contributed by atoms with Gasteiger partial charge in [0.25, 0.3) is 6.47 Å². The van der Waals surface area contributed by atoms with Crippen LogP contribution in [0.5, 0.6) is 11.5 Å². The molecule has 0 spiro atoms. The molecule has 0 amide bonds. The van der Waals surface area contributed by atoms with Crippen LogP contribution in [0, 0.1) is 20.8 Å². The average molecular weight is 467 g/mol. The molecule has 0 bridgehead atoms. The zero-order valence-corrected chi connectivity index (χ0v) is 19.8. The van der Waals surface area contributed by atoms with E-state index in [0.29, 0.717) is 34.9 Å². The maximum absolute atomic E-state index is 12.1. The Morgan fingerprint density at radius 3 is 1.43 bits per heavy atom. The topological polar surface area (TPSA) is 77.3 Å². The molecule has 0 radical (unpaired) electrons. The van der Waals surface area contributed by atoms with Crippen LogP contribution in [0.25, 0.3) is 0 Å². The summed E-state index contributed by atoms with van der Waals surface area (Å²) in [5.41, 5.74) is 5.45. The fraction of sp³-hybridized carbons (Fsp3) is 0.103. The quantitative estimate of drug-likeness (QED) is 0.128. The zero-order valence-electron chi connectivity index (χ0n) is 19.8. The Morgan fingerprint density at radius 2 is 1.00 bits per heavy atom. The van der Waals surface area contributed by atoms with E-state index >= 15 is 0 Å². The number of rotatable bonds is 6. The van der Waals surface area contributed by atoms with Crippen molar-refractivity contribution in [3.8, 4) is 11.5 Å². The maximum atomic E-state index is 12.1. The van der Waals surface area contributed by atoms with Crippen LogP contribution in [0.4, 0.5) is 11.4 Å². The van der Waals surface area contributed by atoms with E-state index in [-0.39, 0.29) is 0 Å². The summed E-state index contributed by atoms with van der Waals surface area (Å²) in [6, 6.07) is 29.0. The lowest BCUT2D eigenvalue weighted by atomic mass is 10.1. The molecule has 4 rings (SSSR count). The molecule has 0 aliphatic carbocycles. The van der Waals surface area contributed by atoms with Gasteiger partial charge in [-0.25, -0.2) is 4.79 Å². The zero-order chi connectivity index (χ0) is 25.0. The van der Waals surface area contributed by atoms with E-state index in [2.05, 4.69) is 48.3 Å². The average Bonchev–Trinajstić information content (AvgIpc) is 2.87. The van der Waals surface area contributed by atoms with Gasteiger partial charge in [-0.1, -0.05) is 53.1 Å². The summed E-state index contributed by atoms with van der Waals surface area (Å²) in [5.74, 6) is 0.445. The molecule has 0 aliphatic rings. The summed E-state index contributed by atoms with van der Waals surface area (Å²) in [6.07, 6.45) is 0. The molecule has 6 heteroatoms. The van der Waals surface area contributed by atoms with Crippen LogP contribution in [0.2, 0.25) is 0 Å². The van der Waals surface area contributed by atoms with E-state index in [1.807, 2.05) is 19.1 Å². The van der Waals surface area contributed by atoms with E-state index in [9.17, 15) is 9.59 Å². The van der Waals surface area contributed by atoms with Crippen molar-refractivity contribution < 1.29 is 19.1 Å². The van der Waals surface area contributed by atoms with Crippen molar-refractivity contribution in [2.75, 3.05) is 0 Å². The summed E-state index contributed by atoms with van der Waals surface area (Å²) in [6.45, 7) is 6.51. The second-order valence-corrected chi connectivity index (χ2v) is 7.81. The molecule has 6 nitrogen and oxygen atoms in total. The van der Waals surface area contributed by atoms with Gasteiger partial charge in [0.15, 0.2) is 0 Å². The van der Waals surface area contributed by atoms with Crippen LogP contribution in [0.3, 0.4) is 0 Å². The molecule has 0 saturated heterocycles. The van der Waals surface area contributed by atoms with Gasteiger partial charge in [-0.05, 0) is 81.4 Å². The highest BCUT2D eigenvalue weighted by atomic mass is 16.5. The molecule has 0 atom stereocenters. The SMILES string of the molecule is Cc1ccc(C(=O)Oc2ccc(N=Nc3ccc(OC=O)cc3)cc2)cc1.Cc1ccc(C)cc1. The molecule has 4 aromatic rings. The molecule has 4 aromatic carbocycles. The van der Waals surface area contributed by atoms with Gasteiger partial charge in [-0.3, -0.25) is 4.79 Å². The Balaban J connectivity index is 0.000000363. The Kier molecular flexibility index (Phi) is 9.02. The minimum atomic E-state index is -0.415. The second-order valence-electron chi connectivity index (χ2n) is 7.81. The van der Waals surface area contributed by atoms with E-state index in [1.165, 1.54) is 11.1 Å². The van der Waals surface area contributed by atoms with Crippen LogP contribution in [0.15, 0.2) is 107 Å². The number of hydrogen-bond donors (Lipinski definition) is 0. The fourth-order valence-electron chi connectivity index (χ4n) is 2.84. The highest BCUT2D eigenvalue weighted by Gasteiger charge is 2.08. The van der Waals surface area contributed by atoms with E-state index in [0.717, 1.165) is 5.56 Å². The van der Waals surface area contributed by atoms with Gasteiger partial charge in [-0.15, -0.1) is 0 Å². The molecule has 0 N–H and O–H groups in total. The minimum absolute atomic E-state index is 0.365. The van der Waals surface area contributed by atoms with Crippen molar-refractivity contribution in [1.29, 1.82) is 0 Å². The summed E-state index contributed by atoms with van der Waals surface area (Å²) in [7, 11) is 0. The van der Waals surface area contributed by atoms with Crippen molar-refractivity contribution in [2.24, 2.45) is 10.2 Å². The normalized spacial score (nSPS) is 10.3. The molecule has 0 heterocycles. The molecule has 0 aromatic heterocycles. The predicted molar refractivity (Wildman–Crippen MR) is 136 cm³/mol. The standard InChI is InChI=1S/C21H16N2O4.C8H10/c1-15-2-4-16(5-3-15)21(25)27-20-12-8-18(9-13-20)23-22-17-6-10-19(11-7-17)26-14-24;1-7-3-5-8(2)6-4-7/h2-14H,1H3;3-6H,1-2H3. The summed E-state index contributed by atoms with van der Waals surface area (Å²) in [4.78, 5) is 22.4. The third-order valence-electron chi connectivity index (χ3n) is 4.85. The number of carbonyl (C=O) groups is 2. The van der Waals surface area contributed by atoms with Gasteiger partial charge in [0.05, 0.1) is 16.9 Å². The van der Waals surface area contributed by atoms with Crippen LogP contribution >= 0.6 is 0 Å². The molecule has 0 fully saturated rings. The molecule has 35 heavy (non-hydrogen) atoms. The Labute approximate surface area is 204 Å². The Hall–Kier alpha value is -4.58. The molecule has 0 aliphatic heterocycles. The van der Waals surface area contributed by atoms with Gasteiger partial charge in [0.1, 0.15) is 11.5 Å². The van der Waals surface area contributed by atoms with Crippen LogP contribution in [0.1, 0.15) is 27.0 Å². The van der Waals surface area contributed by atoms with Crippen molar-refractivity contribution in [2.45, 2.75) is 20.8 Å². The van der Waals surface area contributed by atoms with Crippen molar-refractivity contribution in [1.82, 2.24) is 0 Å². The van der Waals surface area contributed by atoms with E-state index in [4.69, 9.17) is 9.47 Å². The predicted octanol–water partition coefficient (Wildman–Crippen LogP) is 7.47. The summed E-state index contributed by atoms with van der Waals surface area (Å²) in [5, 5.41) is 8.21. The first kappa shape index (κ1) is 25.1. The third-order valence-corrected chi connectivity index (χ3v) is 4.85. The number of esters is 1. The first-order valence-electron chi connectivity index (χ1n) is 11.0. The Morgan fingerprint density at radius 1 is 0.600 bits per heavy atom. The monoisotopic (exact) mass is 466 g/mol. The third kappa shape index (κ3) is 8.37. The van der Waals surface area contributed by atoms with Crippen molar-refractivity contribution in [3.63, 3.8) is 0 Å². The smallest absolute Gasteiger partial charge is 0.343 e. The van der Waals surface area contributed by atoms with Crippen molar-refractivity contribution >= 4 is 23.8 Å². The summed E-state index contributed by atoms with van der Waals surface area (Å²) < 4.78 is 10.1. The number of ether oxygens (including phenoxy) is 2. The number of aryl methyl sites for hydroxylation is 3. The number of nitrogens with zero attached hydrogens (tertiary/aromatic N) is 2. The van der Waals surface area contributed by atoms with Crippen LogP contribution in [-0.2, 0) is 4.79 Å². The number of carbonyl (C=O) groups excluding carboxylic acids is 2. The lowest BCUT2D eigenvalue weighted by Crippen LogP contribution is -2.08. The fourth-order valence-corrected chi connectivity index (χ4v) is 2.84. The second kappa shape index (κ2) is 12.6. The number of benzene rings is 4. The molecule has 0 unspecified atom stereocenters. The van der Waals surface area contributed by atoms with E-state index < -0.39 is 5.97 Å². The maximum Gasteiger partial charge on any atom is 0.343 e. The minimum Gasteiger partial charge on any atom is -0.429 e. The van der Waals surface area contributed by atoms with Gasteiger partial charge in [0, 0.05) is 0 Å². The lowest BCUT2D eigenvalue weighted by Gasteiger charge is -2.04. The van der Waals surface area contributed by atoms with Gasteiger partial charge in [0.2, 0.25) is 0 Å². The first-order chi connectivity index (χ1) is 16.9. The van der Waals surface area contributed by atoms with E-state index in [1.54, 1.807) is 60.7 Å². The van der Waals surface area contributed by atoms with Crippen LogP contribution < -0.4 is 9.47 Å². The summed E-state index contributed by atoms with van der Waals surface area (Å²) >= 11 is 0. The van der Waals surface area contributed by atoms with Gasteiger partial charge < -0.3 is 9.47 Å². The van der Waals surface area contributed by atoms with Gasteiger partial charge in [-0.2, -0.15) is 10.2 Å².